The maximum absolute atomic E-state index is 12.6. The van der Waals surface area contributed by atoms with E-state index in [-0.39, 0.29) is 12.5 Å². The molecule has 28 heavy (non-hydrogen) atoms. The fraction of sp³-hybridized carbons (Fsp3) is 0.368. The van der Waals surface area contributed by atoms with Crippen molar-refractivity contribution >= 4 is 23.3 Å². The highest BCUT2D eigenvalue weighted by atomic mass is 35.5. The highest BCUT2D eigenvalue weighted by molar-refractivity contribution is 6.31. The number of nitrogens with zero attached hydrogens (tertiary/aromatic N) is 3. The number of rotatable bonds is 4. The summed E-state index contributed by atoms with van der Waals surface area (Å²) >= 11 is 5.96. The van der Waals surface area contributed by atoms with Crippen molar-refractivity contribution in [2.45, 2.75) is 13.1 Å². The molecule has 1 aromatic carbocycles. The van der Waals surface area contributed by atoms with Gasteiger partial charge >= 0.3 is 6.18 Å². The minimum absolute atomic E-state index is 0.0837. The molecule has 1 aliphatic heterocycles. The lowest BCUT2D eigenvalue weighted by molar-refractivity contribution is -0.138. The lowest BCUT2D eigenvalue weighted by atomic mass is 10.2. The van der Waals surface area contributed by atoms with Gasteiger partial charge in [0.2, 0.25) is 0 Å². The van der Waals surface area contributed by atoms with E-state index in [2.05, 4.69) is 4.98 Å². The standard InChI is InChI=1S/C19H19ClF3N3O2/c1-13-10-15(3-4-16(13)20)28-12-18(27)26-8-6-25(7-9-26)17-5-2-14(11-24-17)19(21,22)23/h2-5,10-11H,6-9,12H2,1H3. The minimum atomic E-state index is -4.40. The van der Waals surface area contributed by atoms with E-state index in [1.54, 1.807) is 23.1 Å². The van der Waals surface area contributed by atoms with Crippen LogP contribution in [0.4, 0.5) is 19.0 Å². The maximum Gasteiger partial charge on any atom is 0.417 e. The third-order valence-electron chi connectivity index (χ3n) is 4.52. The third-order valence-corrected chi connectivity index (χ3v) is 4.95. The summed E-state index contributed by atoms with van der Waals surface area (Å²) in [4.78, 5) is 19.8. The Morgan fingerprint density at radius 1 is 1.18 bits per heavy atom. The van der Waals surface area contributed by atoms with E-state index in [9.17, 15) is 18.0 Å². The number of amides is 1. The highest BCUT2D eigenvalue weighted by Crippen LogP contribution is 2.29. The molecular formula is C19H19ClF3N3O2. The second-order valence-corrected chi connectivity index (χ2v) is 6.88. The van der Waals surface area contributed by atoms with Crippen molar-refractivity contribution in [3.8, 4) is 5.75 Å². The van der Waals surface area contributed by atoms with E-state index in [0.29, 0.717) is 42.8 Å². The number of alkyl halides is 3. The Balaban J connectivity index is 1.50. The summed E-state index contributed by atoms with van der Waals surface area (Å²) in [6.45, 7) is 3.65. The number of ether oxygens (including phenoxy) is 1. The topological polar surface area (TPSA) is 45.7 Å². The first-order valence-electron chi connectivity index (χ1n) is 8.69. The largest absolute Gasteiger partial charge is 0.484 e. The van der Waals surface area contributed by atoms with Crippen LogP contribution in [0.2, 0.25) is 5.02 Å². The maximum atomic E-state index is 12.6. The van der Waals surface area contributed by atoms with E-state index < -0.39 is 11.7 Å². The number of hydrogen-bond donors (Lipinski definition) is 0. The number of anilines is 1. The van der Waals surface area contributed by atoms with Gasteiger partial charge in [0, 0.05) is 37.4 Å². The van der Waals surface area contributed by atoms with Crippen molar-refractivity contribution in [1.29, 1.82) is 0 Å². The van der Waals surface area contributed by atoms with Gasteiger partial charge in [-0.15, -0.1) is 0 Å². The molecule has 1 saturated heterocycles. The number of piperazine rings is 1. The van der Waals surface area contributed by atoms with E-state index in [0.717, 1.165) is 17.8 Å². The minimum Gasteiger partial charge on any atom is -0.484 e. The van der Waals surface area contributed by atoms with Gasteiger partial charge in [0.25, 0.3) is 5.91 Å². The van der Waals surface area contributed by atoms with Crippen LogP contribution in [-0.4, -0.2) is 48.6 Å². The number of aryl methyl sites for hydroxylation is 1. The number of carbonyl (C=O) groups is 1. The van der Waals surface area contributed by atoms with Crippen LogP contribution >= 0.6 is 11.6 Å². The fourth-order valence-corrected chi connectivity index (χ4v) is 2.99. The Kier molecular flexibility index (Phi) is 5.98. The highest BCUT2D eigenvalue weighted by Gasteiger charge is 2.31. The van der Waals surface area contributed by atoms with Crippen molar-refractivity contribution < 1.29 is 22.7 Å². The molecule has 0 saturated carbocycles. The van der Waals surface area contributed by atoms with Gasteiger partial charge in [-0.25, -0.2) is 4.98 Å². The summed E-state index contributed by atoms with van der Waals surface area (Å²) in [6.07, 6.45) is -3.58. The van der Waals surface area contributed by atoms with Gasteiger partial charge in [0.15, 0.2) is 6.61 Å². The van der Waals surface area contributed by atoms with E-state index in [1.807, 2.05) is 11.8 Å². The van der Waals surface area contributed by atoms with Gasteiger partial charge in [-0.2, -0.15) is 13.2 Å². The first-order valence-corrected chi connectivity index (χ1v) is 9.07. The Labute approximate surface area is 165 Å². The Hall–Kier alpha value is -2.48. The summed E-state index contributed by atoms with van der Waals surface area (Å²) in [5, 5.41) is 0.631. The van der Waals surface area contributed by atoms with Crippen LogP contribution in [0, 0.1) is 6.92 Å². The number of pyridine rings is 1. The van der Waals surface area contributed by atoms with Gasteiger partial charge < -0.3 is 14.5 Å². The molecule has 0 radical (unpaired) electrons. The number of aromatic nitrogens is 1. The van der Waals surface area contributed by atoms with Gasteiger partial charge in [0.1, 0.15) is 11.6 Å². The predicted octanol–water partition coefficient (Wildman–Crippen LogP) is 3.79. The molecule has 0 N–H and O–H groups in total. The molecule has 3 rings (SSSR count). The van der Waals surface area contributed by atoms with Crippen LogP contribution in [0.15, 0.2) is 36.5 Å². The number of hydrogen-bond acceptors (Lipinski definition) is 4. The third kappa shape index (κ3) is 4.86. The van der Waals surface area contributed by atoms with Crippen LogP contribution in [-0.2, 0) is 11.0 Å². The molecule has 1 aliphatic rings. The van der Waals surface area contributed by atoms with Crippen molar-refractivity contribution in [3.63, 3.8) is 0 Å². The Morgan fingerprint density at radius 3 is 2.46 bits per heavy atom. The smallest absolute Gasteiger partial charge is 0.417 e. The lowest BCUT2D eigenvalue weighted by Crippen LogP contribution is -2.50. The van der Waals surface area contributed by atoms with Crippen molar-refractivity contribution in [2.24, 2.45) is 0 Å². The monoisotopic (exact) mass is 413 g/mol. The average molecular weight is 414 g/mol. The van der Waals surface area contributed by atoms with E-state index in [4.69, 9.17) is 16.3 Å². The summed E-state index contributed by atoms with van der Waals surface area (Å²) in [5.74, 6) is 0.892. The zero-order valence-corrected chi connectivity index (χ0v) is 15.9. The Morgan fingerprint density at radius 2 is 1.89 bits per heavy atom. The second kappa shape index (κ2) is 8.26. The quantitative estimate of drug-likeness (QED) is 0.765. The van der Waals surface area contributed by atoms with Crippen LogP contribution in [0.5, 0.6) is 5.75 Å². The second-order valence-electron chi connectivity index (χ2n) is 6.47. The predicted molar refractivity (Wildman–Crippen MR) is 99.7 cm³/mol. The van der Waals surface area contributed by atoms with Crippen LogP contribution < -0.4 is 9.64 Å². The fourth-order valence-electron chi connectivity index (χ4n) is 2.87. The molecule has 1 fully saturated rings. The van der Waals surface area contributed by atoms with E-state index >= 15 is 0 Å². The molecule has 0 bridgehead atoms. The molecule has 150 valence electrons. The molecule has 1 amide bonds. The van der Waals surface area contributed by atoms with Crippen molar-refractivity contribution in [1.82, 2.24) is 9.88 Å². The van der Waals surface area contributed by atoms with Crippen LogP contribution in [0.25, 0.3) is 0 Å². The summed E-state index contributed by atoms with van der Waals surface area (Å²) in [5.41, 5.74) is 0.0870. The zero-order chi connectivity index (χ0) is 20.3. The zero-order valence-electron chi connectivity index (χ0n) is 15.2. The van der Waals surface area contributed by atoms with Crippen LogP contribution in [0.1, 0.15) is 11.1 Å². The van der Waals surface area contributed by atoms with E-state index in [1.165, 1.54) is 6.07 Å². The van der Waals surface area contributed by atoms with Gasteiger partial charge in [0.05, 0.1) is 5.56 Å². The summed E-state index contributed by atoms with van der Waals surface area (Å²) in [7, 11) is 0. The van der Waals surface area contributed by atoms with Crippen molar-refractivity contribution in [2.75, 3.05) is 37.7 Å². The van der Waals surface area contributed by atoms with Crippen LogP contribution in [0.3, 0.4) is 0 Å². The molecule has 1 aromatic heterocycles. The van der Waals surface area contributed by atoms with Crippen molar-refractivity contribution in [3.05, 3.63) is 52.7 Å². The number of halogens is 4. The molecule has 5 nitrogen and oxygen atoms in total. The van der Waals surface area contributed by atoms with Gasteiger partial charge in [-0.3, -0.25) is 4.79 Å². The molecule has 0 atom stereocenters. The summed E-state index contributed by atoms with van der Waals surface area (Å²) < 4.78 is 43.4. The van der Waals surface area contributed by atoms with Gasteiger partial charge in [-0.1, -0.05) is 11.6 Å². The molecule has 0 spiro atoms. The Bertz CT molecular complexity index is 835. The first-order chi connectivity index (χ1) is 13.2. The van der Waals surface area contributed by atoms with Gasteiger partial charge in [-0.05, 0) is 42.8 Å². The molecular weight excluding hydrogens is 395 g/mol. The molecule has 0 unspecified atom stereocenters. The first kappa shape index (κ1) is 20.3. The molecule has 2 heterocycles. The summed E-state index contributed by atoms with van der Waals surface area (Å²) in [6, 6.07) is 7.56. The average Bonchev–Trinajstić information content (AvgIpc) is 2.68. The molecule has 2 aromatic rings. The SMILES string of the molecule is Cc1cc(OCC(=O)N2CCN(c3ccc(C(F)(F)F)cn3)CC2)ccc1Cl. The molecule has 0 aliphatic carbocycles. The molecule has 9 heteroatoms. The number of carbonyl (C=O) groups excluding carboxylic acids is 1. The number of benzene rings is 1. The normalized spacial score (nSPS) is 14.9. The lowest BCUT2D eigenvalue weighted by Gasteiger charge is -2.35.